The van der Waals surface area contributed by atoms with Crippen LogP contribution in [0.3, 0.4) is 0 Å². The largest absolute Gasteiger partial charge is 0.418 e. The number of benzene rings is 3. The van der Waals surface area contributed by atoms with Gasteiger partial charge in [-0.3, -0.25) is 28.9 Å². The number of amides is 3. The molecule has 2 aliphatic heterocycles. The van der Waals surface area contributed by atoms with E-state index in [4.69, 9.17) is 0 Å². The van der Waals surface area contributed by atoms with E-state index < -0.39 is 65.1 Å². The second kappa shape index (κ2) is 8.81. The van der Waals surface area contributed by atoms with E-state index in [1.807, 2.05) is 0 Å². The fourth-order valence-corrected chi connectivity index (χ4v) is 4.80. The molecule has 10 heteroatoms. The molecule has 2 heterocycles. The lowest BCUT2D eigenvalue weighted by Crippen LogP contribution is -2.51. The Morgan fingerprint density at radius 1 is 0.811 bits per heavy atom. The zero-order chi connectivity index (χ0) is 26.5. The molecule has 0 bridgehead atoms. The van der Waals surface area contributed by atoms with Gasteiger partial charge in [0.25, 0.3) is 11.7 Å². The van der Waals surface area contributed by atoms with Gasteiger partial charge in [0.1, 0.15) is 6.04 Å². The molecule has 2 aliphatic rings. The Balaban J connectivity index is 1.63. The summed E-state index contributed by atoms with van der Waals surface area (Å²) >= 11 is 0. The number of fused-ring (bicyclic) bond motifs is 1. The zero-order valence-corrected chi connectivity index (χ0v) is 18.9. The van der Waals surface area contributed by atoms with Crippen molar-refractivity contribution in [3.8, 4) is 0 Å². The summed E-state index contributed by atoms with van der Waals surface area (Å²) in [4.78, 5) is 67.4. The first-order valence-electron chi connectivity index (χ1n) is 11.2. The molecule has 5 rings (SSSR count). The second-order valence-electron chi connectivity index (χ2n) is 8.59. The highest BCUT2D eigenvalue weighted by molar-refractivity contribution is 6.53. The van der Waals surface area contributed by atoms with E-state index in [-0.39, 0.29) is 16.8 Å². The van der Waals surface area contributed by atoms with E-state index in [0.717, 1.165) is 23.1 Å². The second-order valence-corrected chi connectivity index (χ2v) is 8.59. The molecule has 1 fully saturated rings. The quantitative estimate of drug-likeness (QED) is 0.296. The van der Waals surface area contributed by atoms with Gasteiger partial charge < -0.3 is 0 Å². The van der Waals surface area contributed by atoms with Crippen molar-refractivity contribution >= 4 is 40.7 Å². The number of hydrogen-bond acceptors (Lipinski definition) is 5. The molecule has 37 heavy (non-hydrogen) atoms. The van der Waals surface area contributed by atoms with Gasteiger partial charge in [0.15, 0.2) is 5.78 Å². The van der Waals surface area contributed by atoms with E-state index >= 15 is 0 Å². The van der Waals surface area contributed by atoms with Gasteiger partial charge in [-0.05, 0) is 24.3 Å². The van der Waals surface area contributed by atoms with Crippen molar-refractivity contribution in [1.82, 2.24) is 0 Å². The summed E-state index contributed by atoms with van der Waals surface area (Å²) < 4.78 is 41.0. The molecule has 0 N–H and O–H groups in total. The highest BCUT2D eigenvalue weighted by atomic mass is 19.4. The Labute approximate surface area is 208 Å². The Bertz CT molecular complexity index is 1470. The first kappa shape index (κ1) is 24.1. The van der Waals surface area contributed by atoms with Gasteiger partial charge >= 0.3 is 6.18 Å². The third-order valence-electron chi connectivity index (χ3n) is 6.44. The lowest BCUT2D eigenvalue weighted by molar-refractivity contribution is -0.137. The molecule has 0 spiro atoms. The highest BCUT2D eigenvalue weighted by Gasteiger charge is 2.53. The average Bonchev–Trinajstić information content (AvgIpc) is 3.32. The van der Waals surface area contributed by atoms with Crippen LogP contribution < -0.4 is 9.80 Å². The summed E-state index contributed by atoms with van der Waals surface area (Å²) in [5.74, 6) is -6.23. The molecular weight excluding hydrogens is 489 g/mol. The van der Waals surface area contributed by atoms with Crippen LogP contribution in [0.15, 0.2) is 78.9 Å². The number of halogens is 3. The number of anilines is 2. The number of Topliss-reactive ketones (excluding diaryl/α,β-unsaturated/α-hetero) is 2. The number of rotatable bonds is 5. The van der Waals surface area contributed by atoms with Crippen molar-refractivity contribution in [2.24, 2.45) is 5.92 Å². The molecular formula is C27H17F3N2O5. The molecule has 0 saturated carbocycles. The number of carbonyl (C=O) groups excluding carboxylic acids is 5. The minimum atomic E-state index is -4.86. The van der Waals surface area contributed by atoms with E-state index in [1.54, 1.807) is 18.2 Å². The van der Waals surface area contributed by atoms with E-state index in [0.29, 0.717) is 4.90 Å². The third kappa shape index (κ3) is 3.90. The van der Waals surface area contributed by atoms with E-state index in [2.05, 4.69) is 0 Å². The van der Waals surface area contributed by atoms with Crippen LogP contribution in [0.25, 0.3) is 0 Å². The molecule has 3 aromatic rings. The highest BCUT2D eigenvalue weighted by Crippen LogP contribution is 2.42. The predicted molar refractivity (Wildman–Crippen MR) is 125 cm³/mol. The first-order chi connectivity index (χ1) is 17.6. The summed E-state index contributed by atoms with van der Waals surface area (Å²) in [6.07, 6.45) is -5.49. The van der Waals surface area contributed by atoms with E-state index in [9.17, 15) is 37.1 Å². The standard InChI is InChI=1S/C27H17F3N2O5/c28-27(29,30)18-11-5-7-13-20(18)31-21(33)14-17(25(31)36)22(23(34)15-8-2-1-3-9-15)32-19-12-6-4-10-16(19)24(35)26(32)37/h1-13,17,22H,14H2. The molecule has 2 unspecified atom stereocenters. The monoisotopic (exact) mass is 506 g/mol. The smallest absolute Gasteiger partial charge is 0.293 e. The number of hydrogen-bond donors (Lipinski definition) is 0. The van der Waals surface area contributed by atoms with Crippen LogP contribution in [-0.2, 0) is 20.6 Å². The van der Waals surface area contributed by atoms with Crippen LogP contribution in [0.4, 0.5) is 24.5 Å². The SMILES string of the molecule is O=C1C(=O)N(C(C(=O)c2ccccc2)C2CC(=O)N(c3ccccc3C(F)(F)F)C2=O)c2ccccc21. The van der Waals surface area contributed by atoms with Crippen molar-refractivity contribution in [3.63, 3.8) is 0 Å². The third-order valence-corrected chi connectivity index (χ3v) is 6.44. The summed E-state index contributed by atoms with van der Waals surface area (Å²) in [5, 5.41) is 0. The molecule has 186 valence electrons. The van der Waals surface area contributed by atoms with E-state index in [1.165, 1.54) is 42.5 Å². The number of para-hydroxylation sites is 2. The van der Waals surface area contributed by atoms with Crippen LogP contribution in [-0.4, -0.2) is 35.3 Å². The van der Waals surface area contributed by atoms with Crippen molar-refractivity contribution in [1.29, 1.82) is 0 Å². The molecule has 3 amide bonds. The Morgan fingerprint density at radius 2 is 1.41 bits per heavy atom. The minimum Gasteiger partial charge on any atom is -0.293 e. The zero-order valence-electron chi connectivity index (χ0n) is 18.9. The lowest BCUT2D eigenvalue weighted by Gasteiger charge is -2.30. The van der Waals surface area contributed by atoms with Crippen LogP contribution in [0.1, 0.15) is 32.7 Å². The topological polar surface area (TPSA) is 91.8 Å². The molecule has 1 saturated heterocycles. The molecule has 7 nitrogen and oxygen atoms in total. The molecule has 0 aromatic heterocycles. The van der Waals surface area contributed by atoms with Gasteiger partial charge in [-0.1, -0.05) is 54.6 Å². The maximum atomic E-state index is 13.7. The number of nitrogens with zero attached hydrogens (tertiary/aromatic N) is 2. The first-order valence-corrected chi connectivity index (χ1v) is 11.2. The number of alkyl halides is 3. The normalized spacial score (nSPS) is 18.4. The minimum absolute atomic E-state index is 0.0226. The van der Waals surface area contributed by atoms with Crippen molar-refractivity contribution in [2.75, 3.05) is 9.80 Å². The fraction of sp³-hybridized carbons (Fsp3) is 0.148. The molecule has 0 radical (unpaired) electrons. The Kier molecular flexibility index (Phi) is 5.74. The predicted octanol–water partition coefficient (Wildman–Crippen LogP) is 4.07. The van der Waals surface area contributed by atoms with Crippen LogP contribution in [0, 0.1) is 5.92 Å². The van der Waals surface area contributed by atoms with Gasteiger partial charge in [-0.25, -0.2) is 4.90 Å². The van der Waals surface area contributed by atoms with Gasteiger partial charge in [0.2, 0.25) is 11.8 Å². The fourth-order valence-electron chi connectivity index (χ4n) is 4.80. The van der Waals surface area contributed by atoms with Crippen molar-refractivity contribution in [2.45, 2.75) is 18.6 Å². The Hall–Kier alpha value is -4.60. The van der Waals surface area contributed by atoms with Gasteiger partial charge in [0.05, 0.1) is 28.4 Å². The van der Waals surface area contributed by atoms with Crippen LogP contribution in [0.2, 0.25) is 0 Å². The molecule has 2 atom stereocenters. The molecule has 3 aromatic carbocycles. The summed E-state index contributed by atoms with van der Waals surface area (Å²) in [6, 6.07) is 16.0. The van der Waals surface area contributed by atoms with Gasteiger partial charge in [-0.15, -0.1) is 0 Å². The number of carbonyl (C=O) groups is 5. The van der Waals surface area contributed by atoms with Crippen LogP contribution in [0.5, 0.6) is 0 Å². The summed E-state index contributed by atoms with van der Waals surface area (Å²) in [7, 11) is 0. The maximum absolute atomic E-state index is 13.7. The van der Waals surface area contributed by atoms with Crippen LogP contribution >= 0.6 is 0 Å². The molecule has 0 aliphatic carbocycles. The average molecular weight is 506 g/mol. The van der Waals surface area contributed by atoms with Crippen molar-refractivity contribution < 1.29 is 37.1 Å². The maximum Gasteiger partial charge on any atom is 0.418 e. The Morgan fingerprint density at radius 3 is 2.08 bits per heavy atom. The van der Waals surface area contributed by atoms with Crippen molar-refractivity contribution in [3.05, 3.63) is 95.6 Å². The lowest BCUT2D eigenvalue weighted by atomic mass is 9.89. The van der Waals surface area contributed by atoms with Gasteiger partial charge in [-0.2, -0.15) is 13.2 Å². The van der Waals surface area contributed by atoms with Gasteiger partial charge in [0, 0.05) is 12.0 Å². The summed E-state index contributed by atoms with van der Waals surface area (Å²) in [6.45, 7) is 0. The number of imide groups is 1. The number of ketones is 2. The summed E-state index contributed by atoms with van der Waals surface area (Å²) in [5.41, 5.74) is -1.65.